The number of esters is 1. The fraction of sp³-hybridized carbons (Fsp3) is 0.240. The fourth-order valence-corrected chi connectivity index (χ4v) is 3.35. The third-order valence-corrected chi connectivity index (χ3v) is 5.28. The first kappa shape index (κ1) is 24.9. The number of carbonyl (C=O) groups excluding carboxylic acids is 3. The molecule has 3 aromatic rings. The number of hydrogen-bond acceptors (Lipinski definition) is 5. The standard InChI is InChI=1S/C25H26ClN3O5/c1-33-24(31)22(8-5-15-27-25(32)34-16-17-6-3-2-4-7-17)29-23(30)21-14-13-20(28-21)18-9-11-19(26)12-10-18/h2-4,6-7,9-14,22,28H,5,8,15-16H2,1H3,(H,27,32)(H,29,30)/t22-/m0/s1. The van der Waals surface area contributed by atoms with Crippen molar-refractivity contribution in [1.82, 2.24) is 15.6 Å². The second-order valence-electron chi connectivity index (χ2n) is 7.47. The van der Waals surface area contributed by atoms with Crippen molar-refractivity contribution < 1.29 is 23.9 Å². The van der Waals surface area contributed by atoms with E-state index in [0.29, 0.717) is 17.1 Å². The van der Waals surface area contributed by atoms with Gasteiger partial charge >= 0.3 is 12.1 Å². The van der Waals surface area contributed by atoms with Gasteiger partial charge in [-0.2, -0.15) is 0 Å². The van der Waals surface area contributed by atoms with E-state index in [4.69, 9.17) is 21.1 Å². The number of H-pyrrole nitrogens is 1. The van der Waals surface area contributed by atoms with E-state index in [9.17, 15) is 14.4 Å². The van der Waals surface area contributed by atoms with Gasteiger partial charge in [-0.3, -0.25) is 4.79 Å². The van der Waals surface area contributed by atoms with Crippen molar-refractivity contribution in [3.8, 4) is 11.3 Å². The summed E-state index contributed by atoms with van der Waals surface area (Å²) in [7, 11) is 1.26. The van der Waals surface area contributed by atoms with E-state index in [-0.39, 0.29) is 19.6 Å². The highest BCUT2D eigenvalue weighted by Gasteiger charge is 2.22. The van der Waals surface area contributed by atoms with Crippen LogP contribution < -0.4 is 10.6 Å². The molecule has 0 aliphatic heterocycles. The van der Waals surface area contributed by atoms with Crippen molar-refractivity contribution >= 4 is 29.6 Å². The molecule has 1 aromatic heterocycles. The molecule has 2 aromatic carbocycles. The van der Waals surface area contributed by atoms with Gasteiger partial charge < -0.3 is 25.1 Å². The zero-order valence-electron chi connectivity index (χ0n) is 18.7. The van der Waals surface area contributed by atoms with Crippen LogP contribution in [0.5, 0.6) is 0 Å². The molecule has 0 unspecified atom stereocenters. The predicted molar refractivity (Wildman–Crippen MR) is 128 cm³/mol. The third-order valence-electron chi connectivity index (χ3n) is 5.03. The number of halogens is 1. The maximum absolute atomic E-state index is 12.7. The molecule has 0 bridgehead atoms. The highest BCUT2D eigenvalue weighted by molar-refractivity contribution is 6.30. The maximum atomic E-state index is 12.7. The minimum Gasteiger partial charge on any atom is -0.467 e. The van der Waals surface area contributed by atoms with Crippen LogP contribution in [0.3, 0.4) is 0 Å². The summed E-state index contributed by atoms with van der Waals surface area (Å²) in [5.74, 6) is -1.00. The lowest BCUT2D eigenvalue weighted by Gasteiger charge is -2.16. The number of benzene rings is 2. The Balaban J connectivity index is 1.47. The Morgan fingerprint density at radius 2 is 1.74 bits per heavy atom. The van der Waals surface area contributed by atoms with Gasteiger partial charge in [0.1, 0.15) is 18.3 Å². The molecule has 8 nitrogen and oxygen atoms in total. The summed E-state index contributed by atoms with van der Waals surface area (Å²) in [6.45, 7) is 0.446. The van der Waals surface area contributed by atoms with Crippen LogP contribution in [-0.4, -0.2) is 42.7 Å². The summed E-state index contributed by atoms with van der Waals surface area (Å²) < 4.78 is 9.96. The number of carbonyl (C=O) groups is 3. The van der Waals surface area contributed by atoms with Crippen molar-refractivity contribution in [2.24, 2.45) is 0 Å². The van der Waals surface area contributed by atoms with Crippen LogP contribution in [0.1, 0.15) is 28.9 Å². The van der Waals surface area contributed by atoms with E-state index in [1.165, 1.54) is 7.11 Å². The molecule has 0 aliphatic carbocycles. The largest absolute Gasteiger partial charge is 0.467 e. The smallest absolute Gasteiger partial charge is 0.407 e. The summed E-state index contributed by atoms with van der Waals surface area (Å²) >= 11 is 5.92. The van der Waals surface area contributed by atoms with E-state index in [1.54, 1.807) is 24.3 Å². The van der Waals surface area contributed by atoms with E-state index in [2.05, 4.69) is 15.6 Å². The van der Waals surface area contributed by atoms with Gasteiger partial charge in [0.25, 0.3) is 5.91 Å². The molecule has 0 radical (unpaired) electrons. The van der Waals surface area contributed by atoms with Gasteiger partial charge in [-0.15, -0.1) is 0 Å². The van der Waals surface area contributed by atoms with Gasteiger partial charge in [0.05, 0.1) is 7.11 Å². The van der Waals surface area contributed by atoms with Gasteiger partial charge in [-0.25, -0.2) is 9.59 Å². The molecule has 1 atom stereocenters. The minimum absolute atomic E-state index is 0.168. The number of nitrogens with one attached hydrogen (secondary N) is 3. The van der Waals surface area contributed by atoms with Crippen LogP contribution in [0.15, 0.2) is 66.7 Å². The van der Waals surface area contributed by atoms with Crippen LogP contribution in [-0.2, 0) is 20.9 Å². The number of amides is 2. The van der Waals surface area contributed by atoms with Gasteiger partial charge in [-0.1, -0.05) is 54.1 Å². The Kier molecular flexibility index (Phi) is 9.11. The van der Waals surface area contributed by atoms with Crippen molar-refractivity contribution in [1.29, 1.82) is 0 Å². The Hall–Kier alpha value is -3.78. The molecule has 0 saturated heterocycles. The summed E-state index contributed by atoms with van der Waals surface area (Å²) in [5.41, 5.74) is 2.81. The highest BCUT2D eigenvalue weighted by atomic mass is 35.5. The molecular weight excluding hydrogens is 458 g/mol. The summed E-state index contributed by atoms with van der Waals surface area (Å²) in [6, 6.07) is 19.1. The van der Waals surface area contributed by atoms with Crippen LogP contribution in [0.4, 0.5) is 4.79 Å². The molecule has 9 heteroatoms. The average molecular weight is 484 g/mol. The normalized spacial score (nSPS) is 11.4. The van der Waals surface area contributed by atoms with Crippen LogP contribution >= 0.6 is 11.6 Å². The molecule has 34 heavy (non-hydrogen) atoms. The lowest BCUT2D eigenvalue weighted by molar-refractivity contribution is -0.143. The van der Waals surface area contributed by atoms with Gasteiger partial charge in [0, 0.05) is 17.3 Å². The van der Waals surface area contributed by atoms with Crippen molar-refractivity contribution in [3.63, 3.8) is 0 Å². The lowest BCUT2D eigenvalue weighted by atomic mass is 10.1. The number of aromatic nitrogens is 1. The first-order chi connectivity index (χ1) is 16.5. The number of aromatic amines is 1. The third kappa shape index (κ3) is 7.38. The first-order valence-electron chi connectivity index (χ1n) is 10.7. The topological polar surface area (TPSA) is 110 Å². The number of alkyl carbamates (subject to hydrolysis) is 1. The molecule has 3 N–H and O–H groups in total. The molecule has 0 spiro atoms. The number of hydrogen-bond donors (Lipinski definition) is 3. The van der Waals surface area contributed by atoms with E-state index >= 15 is 0 Å². The van der Waals surface area contributed by atoms with Gasteiger partial charge in [0.15, 0.2) is 0 Å². The number of ether oxygens (including phenoxy) is 2. The fourth-order valence-electron chi connectivity index (χ4n) is 3.22. The Bertz CT molecular complexity index is 1100. The molecule has 1 heterocycles. The SMILES string of the molecule is COC(=O)[C@H](CCCNC(=O)OCc1ccccc1)NC(=O)c1ccc(-c2ccc(Cl)cc2)[nH]1. The summed E-state index contributed by atoms with van der Waals surface area (Å²) in [5, 5.41) is 5.94. The minimum atomic E-state index is -0.859. The van der Waals surface area contributed by atoms with Crippen molar-refractivity contribution in [2.75, 3.05) is 13.7 Å². The van der Waals surface area contributed by atoms with E-state index in [0.717, 1.165) is 16.8 Å². The zero-order chi connectivity index (χ0) is 24.3. The Morgan fingerprint density at radius 1 is 1.00 bits per heavy atom. The molecule has 2 amide bonds. The molecule has 0 aliphatic rings. The van der Waals surface area contributed by atoms with Crippen LogP contribution in [0.2, 0.25) is 5.02 Å². The molecule has 0 fully saturated rings. The van der Waals surface area contributed by atoms with Crippen LogP contribution in [0, 0.1) is 0 Å². The average Bonchev–Trinajstić information content (AvgIpc) is 3.35. The zero-order valence-corrected chi connectivity index (χ0v) is 19.4. The van der Waals surface area contributed by atoms with E-state index < -0.39 is 24.0 Å². The quantitative estimate of drug-likeness (QED) is 0.294. The highest BCUT2D eigenvalue weighted by Crippen LogP contribution is 2.21. The number of methoxy groups -OCH3 is 1. The van der Waals surface area contributed by atoms with E-state index in [1.807, 2.05) is 42.5 Å². The molecule has 178 valence electrons. The molecular formula is C25H26ClN3O5. The molecule has 3 rings (SSSR count). The predicted octanol–water partition coefficient (Wildman–Crippen LogP) is 4.31. The molecule has 0 saturated carbocycles. The summed E-state index contributed by atoms with van der Waals surface area (Å²) in [4.78, 5) is 39.7. The Morgan fingerprint density at radius 3 is 2.44 bits per heavy atom. The summed E-state index contributed by atoms with van der Waals surface area (Å²) in [6.07, 6.45) is 0.159. The lowest BCUT2D eigenvalue weighted by Crippen LogP contribution is -2.42. The van der Waals surface area contributed by atoms with Crippen molar-refractivity contribution in [3.05, 3.63) is 83.0 Å². The second kappa shape index (κ2) is 12.5. The van der Waals surface area contributed by atoms with Gasteiger partial charge in [0.2, 0.25) is 0 Å². The van der Waals surface area contributed by atoms with Crippen LogP contribution in [0.25, 0.3) is 11.3 Å². The van der Waals surface area contributed by atoms with Gasteiger partial charge in [-0.05, 0) is 48.2 Å². The maximum Gasteiger partial charge on any atom is 0.407 e. The monoisotopic (exact) mass is 483 g/mol. The number of rotatable bonds is 10. The first-order valence-corrected chi connectivity index (χ1v) is 11.1. The Labute approximate surface area is 202 Å². The second-order valence-corrected chi connectivity index (χ2v) is 7.91. The van der Waals surface area contributed by atoms with Crippen molar-refractivity contribution in [2.45, 2.75) is 25.5 Å².